The maximum absolute atomic E-state index is 12.8. The molecule has 0 spiro atoms. The van der Waals surface area contributed by atoms with Gasteiger partial charge in [0.15, 0.2) is 0 Å². The first kappa shape index (κ1) is 17.5. The van der Waals surface area contributed by atoms with E-state index in [0.717, 1.165) is 5.56 Å². The Bertz CT molecular complexity index is 1150. The van der Waals surface area contributed by atoms with Gasteiger partial charge in [-0.2, -0.15) is 0 Å². The van der Waals surface area contributed by atoms with Gasteiger partial charge in [-0.1, -0.05) is 30.3 Å². The Morgan fingerprint density at radius 3 is 2.68 bits per heavy atom. The number of fused-ring (bicyclic) bond motifs is 1. The molecule has 1 amide bonds. The number of carbonyl (C=O) groups is 1. The van der Waals surface area contributed by atoms with E-state index >= 15 is 0 Å². The lowest BCUT2D eigenvalue weighted by Crippen LogP contribution is -2.25. The van der Waals surface area contributed by atoms with E-state index in [1.54, 1.807) is 30.5 Å². The molecule has 4 rings (SSSR count). The van der Waals surface area contributed by atoms with E-state index in [2.05, 4.69) is 15.6 Å². The van der Waals surface area contributed by atoms with Gasteiger partial charge in [-0.3, -0.25) is 14.0 Å². The first-order valence-corrected chi connectivity index (χ1v) is 8.80. The van der Waals surface area contributed by atoms with Gasteiger partial charge in [0.1, 0.15) is 17.1 Å². The van der Waals surface area contributed by atoms with Gasteiger partial charge in [0, 0.05) is 12.7 Å². The molecule has 0 radical (unpaired) electrons. The molecule has 7 heteroatoms. The van der Waals surface area contributed by atoms with Crippen molar-refractivity contribution in [2.45, 2.75) is 13.1 Å². The topological polar surface area (TPSA) is 88.6 Å². The van der Waals surface area contributed by atoms with E-state index in [4.69, 9.17) is 4.42 Å². The lowest BCUT2D eigenvalue weighted by Gasteiger charge is -2.09. The molecular weight excluding hydrogens is 356 g/mol. The number of pyridine rings is 1. The second-order valence-corrected chi connectivity index (χ2v) is 6.22. The molecule has 1 aromatic carbocycles. The van der Waals surface area contributed by atoms with Gasteiger partial charge in [-0.15, -0.1) is 0 Å². The summed E-state index contributed by atoms with van der Waals surface area (Å²) < 4.78 is 6.57. The highest BCUT2D eigenvalue weighted by Gasteiger charge is 2.10. The molecule has 3 heterocycles. The van der Waals surface area contributed by atoms with Crippen LogP contribution >= 0.6 is 0 Å². The zero-order chi connectivity index (χ0) is 19.3. The van der Waals surface area contributed by atoms with Gasteiger partial charge in [-0.25, -0.2) is 4.98 Å². The van der Waals surface area contributed by atoms with Gasteiger partial charge in [0.05, 0.1) is 24.6 Å². The van der Waals surface area contributed by atoms with Crippen LogP contribution in [0.15, 0.2) is 82.5 Å². The minimum atomic E-state index is -0.298. The van der Waals surface area contributed by atoms with Gasteiger partial charge in [-0.05, 0) is 29.8 Å². The highest BCUT2D eigenvalue weighted by molar-refractivity contribution is 5.94. The summed E-state index contributed by atoms with van der Waals surface area (Å²) in [5, 5.41) is 5.87. The number of amides is 1. The zero-order valence-corrected chi connectivity index (χ0v) is 15.0. The zero-order valence-electron chi connectivity index (χ0n) is 15.0. The Hall–Kier alpha value is -3.87. The summed E-state index contributed by atoms with van der Waals surface area (Å²) in [6.45, 7) is 0.781. The van der Waals surface area contributed by atoms with E-state index < -0.39 is 0 Å². The van der Waals surface area contributed by atoms with E-state index in [9.17, 15) is 9.59 Å². The molecule has 0 bridgehead atoms. The van der Waals surface area contributed by atoms with Crippen molar-refractivity contribution in [1.29, 1.82) is 0 Å². The number of nitrogens with zero attached hydrogens (tertiary/aromatic N) is 2. The van der Waals surface area contributed by atoms with Gasteiger partial charge in [0.25, 0.3) is 11.5 Å². The van der Waals surface area contributed by atoms with E-state index in [1.165, 1.54) is 16.8 Å². The molecule has 0 saturated heterocycles. The molecule has 0 aliphatic carbocycles. The van der Waals surface area contributed by atoms with Crippen LogP contribution in [0.25, 0.3) is 5.65 Å². The Labute approximate surface area is 160 Å². The average Bonchev–Trinajstić information content (AvgIpc) is 3.26. The molecule has 28 heavy (non-hydrogen) atoms. The SMILES string of the molecule is O=C(NCc1ccco1)c1ccc2ncc(NCc3ccccc3)c(=O)n2c1. The monoisotopic (exact) mass is 374 g/mol. The molecule has 3 aromatic heterocycles. The van der Waals surface area contributed by atoms with Crippen LogP contribution in [0.5, 0.6) is 0 Å². The van der Waals surface area contributed by atoms with Crippen molar-refractivity contribution in [3.8, 4) is 0 Å². The van der Waals surface area contributed by atoms with Crippen LogP contribution in [0.2, 0.25) is 0 Å². The van der Waals surface area contributed by atoms with Crippen molar-refractivity contribution < 1.29 is 9.21 Å². The average molecular weight is 374 g/mol. The number of hydrogen-bond acceptors (Lipinski definition) is 5. The van der Waals surface area contributed by atoms with E-state index in [1.807, 2.05) is 30.3 Å². The van der Waals surface area contributed by atoms with Gasteiger partial charge >= 0.3 is 0 Å². The van der Waals surface area contributed by atoms with Crippen molar-refractivity contribution in [3.05, 3.63) is 100 Å². The second kappa shape index (κ2) is 7.79. The van der Waals surface area contributed by atoms with Crippen LogP contribution in [-0.2, 0) is 13.1 Å². The molecule has 0 aliphatic heterocycles. The number of rotatable bonds is 6. The van der Waals surface area contributed by atoms with Gasteiger partial charge in [0.2, 0.25) is 0 Å². The largest absolute Gasteiger partial charge is 0.467 e. The highest BCUT2D eigenvalue weighted by atomic mass is 16.3. The standard InChI is InChI=1S/C21H18N4O3/c26-20(24-12-17-7-4-10-28-17)16-8-9-19-23-13-18(21(27)25(19)14-16)22-11-15-5-2-1-3-6-15/h1-10,13-14,22H,11-12H2,(H,24,26). The lowest BCUT2D eigenvalue weighted by molar-refractivity contribution is 0.0947. The van der Waals surface area contributed by atoms with Crippen molar-refractivity contribution >= 4 is 17.2 Å². The molecule has 0 atom stereocenters. The fourth-order valence-corrected chi connectivity index (χ4v) is 2.81. The first-order valence-electron chi connectivity index (χ1n) is 8.80. The summed E-state index contributed by atoms with van der Waals surface area (Å²) >= 11 is 0. The fraction of sp³-hybridized carbons (Fsp3) is 0.0952. The molecule has 0 aliphatic rings. The number of anilines is 1. The Balaban J connectivity index is 1.54. The Kier molecular flexibility index (Phi) is 4.88. The maximum atomic E-state index is 12.8. The summed E-state index contributed by atoms with van der Waals surface area (Å²) in [5.74, 6) is 0.355. The molecule has 0 unspecified atom stereocenters. The number of furan rings is 1. The fourth-order valence-electron chi connectivity index (χ4n) is 2.81. The third kappa shape index (κ3) is 3.78. The number of benzene rings is 1. The normalized spacial score (nSPS) is 10.7. The third-order valence-electron chi connectivity index (χ3n) is 4.29. The molecule has 0 saturated carbocycles. The Morgan fingerprint density at radius 2 is 1.89 bits per heavy atom. The number of aromatic nitrogens is 2. The first-order chi connectivity index (χ1) is 13.7. The van der Waals surface area contributed by atoms with Crippen molar-refractivity contribution in [3.63, 3.8) is 0 Å². The second-order valence-electron chi connectivity index (χ2n) is 6.22. The van der Waals surface area contributed by atoms with Crippen molar-refractivity contribution in [1.82, 2.24) is 14.7 Å². The third-order valence-corrected chi connectivity index (χ3v) is 4.29. The summed E-state index contributed by atoms with van der Waals surface area (Å²) in [7, 11) is 0. The van der Waals surface area contributed by atoms with Crippen LogP contribution in [0, 0.1) is 0 Å². The molecule has 7 nitrogen and oxygen atoms in total. The van der Waals surface area contributed by atoms with Crippen molar-refractivity contribution in [2.75, 3.05) is 5.32 Å². The van der Waals surface area contributed by atoms with E-state index in [-0.39, 0.29) is 18.0 Å². The van der Waals surface area contributed by atoms with Crippen LogP contribution < -0.4 is 16.2 Å². The quantitative estimate of drug-likeness (QED) is 0.542. The number of hydrogen-bond donors (Lipinski definition) is 2. The predicted octanol–water partition coefficient (Wildman–Crippen LogP) is 2.83. The molecule has 0 fully saturated rings. The summed E-state index contributed by atoms with van der Waals surface area (Å²) in [5.41, 5.74) is 2.00. The smallest absolute Gasteiger partial charge is 0.281 e. The maximum Gasteiger partial charge on any atom is 0.281 e. The van der Waals surface area contributed by atoms with Gasteiger partial charge < -0.3 is 15.1 Å². The predicted molar refractivity (Wildman–Crippen MR) is 105 cm³/mol. The van der Waals surface area contributed by atoms with Crippen LogP contribution in [-0.4, -0.2) is 15.3 Å². The number of carbonyl (C=O) groups excluding carboxylic acids is 1. The minimum absolute atomic E-state index is 0.262. The molecule has 4 aromatic rings. The van der Waals surface area contributed by atoms with E-state index in [0.29, 0.717) is 29.2 Å². The van der Waals surface area contributed by atoms with Crippen LogP contribution in [0.1, 0.15) is 21.7 Å². The molecule has 140 valence electrons. The number of nitrogens with one attached hydrogen (secondary N) is 2. The molecule has 2 N–H and O–H groups in total. The summed E-state index contributed by atoms with van der Waals surface area (Å²) in [6.07, 6.45) is 4.56. The highest BCUT2D eigenvalue weighted by Crippen LogP contribution is 2.08. The summed E-state index contributed by atoms with van der Waals surface area (Å²) in [4.78, 5) is 29.5. The lowest BCUT2D eigenvalue weighted by atomic mass is 10.2. The molecular formula is C21H18N4O3. The van der Waals surface area contributed by atoms with Crippen LogP contribution in [0.4, 0.5) is 5.69 Å². The van der Waals surface area contributed by atoms with Crippen molar-refractivity contribution in [2.24, 2.45) is 0 Å². The summed E-state index contributed by atoms with van der Waals surface area (Å²) in [6, 6.07) is 16.6. The minimum Gasteiger partial charge on any atom is -0.467 e. The Morgan fingerprint density at radius 1 is 1.04 bits per heavy atom. The van der Waals surface area contributed by atoms with Crippen LogP contribution in [0.3, 0.4) is 0 Å².